The summed E-state index contributed by atoms with van der Waals surface area (Å²) < 4.78 is 0. The molecule has 1 aromatic heterocycles. The van der Waals surface area contributed by atoms with Gasteiger partial charge in [0.05, 0.1) is 10.7 Å². The highest BCUT2D eigenvalue weighted by Gasteiger charge is 2.26. The molecular formula is C18H22N2OS. The van der Waals surface area contributed by atoms with Crippen molar-refractivity contribution in [3.63, 3.8) is 0 Å². The number of rotatable bonds is 5. The summed E-state index contributed by atoms with van der Waals surface area (Å²) in [6, 6.07) is 7.73. The van der Waals surface area contributed by atoms with Crippen molar-refractivity contribution in [2.75, 3.05) is 0 Å². The van der Waals surface area contributed by atoms with Crippen LogP contribution >= 0.6 is 11.3 Å². The topological polar surface area (TPSA) is 42.0 Å². The van der Waals surface area contributed by atoms with Crippen molar-refractivity contribution >= 4 is 17.2 Å². The van der Waals surface area contributed by atoms with Gasteiger partial charge < -0.3 is 5.32 Å². The van der Waals surface area contributed by atoms with Gasteiger partial charge in [-0.2, -0.15) is 0 Å². The molecule has 1 fully saturated rings. The Morgan fingerprint density at radius 3 is 2.59 bits per heavy atom. The molecule has 0 bridgehead atoms. The van der Waals surface area contributed by atoms with Crippen LogP contribution in [0.25, 0.3) is 11.3 Å². The van der Waals surface area contributed by atoms with E-state index in [0.717, 1.165) is 17.7 Å². The Morgan fingerprint density at radius 2 is 2.00 bits per heavy atom. The lowest BCUT2D eigenvalue weighted by Gasteiger charge is -2.24. The van der Waals surface area contributed by atoms with E-state index in [0.29, 0.717) is 11.5 Å². The highest BCUT2D eigenvalue weighted by Crippen LogP contribution is 2.42. The van der Waals surface area contributed by atoms with E-state index in [4.69, 9.17) is 4.98 Å². The van der Waals surface area contributed by atoms with Crippen LogP contribution in [0.1, 0.15) is 61.3 Å². The molecule has 2 aromatic rings. The smallest absolute Gasteiger partial charge is 0.251 e. The molecule has 1 heterocycles. The van der Waals surface area contributed by atoms with Crippen molar-refractivity contribution in [3.8, 4) is 11.3 Å². The van der Waals surface area contributed by atoms with Crippen LogP contribution in [0, 0.1) is 0 Å². The first-order valence-corrected chi connectivity index (χ1v) is 8.75. The molecule has 0 spiro atoms. The van der Waals surface area contributed by atoms with E-state index in [1.807, 2.05) is 38.1 Å². The molecule has 1 saturated carbocycles. The van der Waals surface area contributed by atoms with Gasteiger partial charge in [-0.05, 0) is 45.2 Å². The molecule has 3 nitrogen and oxygen atoms in total. The molecule has 1 aromatic carbocycles. The average molecular weight is 314 g/mol. The zero-order valence-electron chi connectivity index (χ0n) is 13.3. The molecule has 1 aliphatic rings. The molecule has 0 saturated heterocycles. The second-order valence-corrected chi connectivity index (χ2v) is 7.50. The lowest BCUT2D eigenvalue weighted by atomic mass is 10.0. The molecule has 1 N–H and O–H groups in total. The second-order valence-electron chi connectivity index (χ2n) is 6.61. The quantitative estimate of drug-likeness (QED) is 0.876. The number of carbonyl (C=O) groups excluding carboxylic acids is 1. The molecule has 3 rings (SSSR count). The molecule has 1 amide bonds. The summed E-state index contributed by atoms with van der Waals surface area (Å²) in [5, 5.41) is 6.42. The Balaban J connectivity index is 1.72. The Labute approximate surface area is 135 Å². The first-order chi connectivity index (χ1) is 10.5. The van der Waals surface area contributed by atoms with Crippen LogP contribution in [-0.4, -0.2) is 16.4 Å². The fraction of sp³-hybridized carbons (Fsp3) is 0.444. The van der Waals surface area contributed by atoms with Gasteiger partial charge in [0.2, 0.25) is 0 Å². The van der Waals surface area contributed by atoms with Gasteiger partial charge in [0.1, 0.15) is 0 Å². The van der Waals surface area contributed by atoms with Crippen LogP contribution in [-0.2, 0) is 0 Å². The fourth-order valence-electron chi connectivity index (χ4n) is 2.20. The van der Waals surface area contributed by atoms with Gasteiger partial charge in [-0.15, -0.1) is 11.3 Å². The van der Waals surface area contributed by atoms with Gasteiger partial charge in [0.15, 0.2) is 0 Å². The summed E-state index contributed by atoms with van der Waals surface area (Å²) in [7, 11) is 0. The average Bonchev–Trinajstić information content (AvgIpc) is 3.24. The van der Waals surface area contributed by atoms with Gasteiger partial charge in [0, 0.05) is 28.0 Å². The highest BCUT2D eigenvalue weighted by molar-refractivity contribution is 7.10. The molecule has 116 valence electrons. The summed E-state index contributed by atoms with van der Waals surface area (Å²) in [4.78, 5) is 17.0. The van der Waals surface area contributed by atoms with E-state index >= 15 is 0 Å². The predicted octanol–water partition coefficient (Wildman–Crippen LogP) is 4.61. The zero-order chi connectivity index (χ0) is 15.7. The Morgan fingerprint density at radius 1 is 1.32 bits per heavy atom. The summed E-state index contributed by atoms with van der Waals surface area (Å²) in [6.45, 7) is 6.14. The molecule has 0 atom stereocenters. The Hall–Kier alpha value is -1.68. The number of nitrogens with zero attached hydrogens (tertiary/aromatic N) is 1. The predicted molar refractivity (Wildman–Crippen MR) is 91.4 cm³/mol. The molecule has 0 radical (unpaired) electrons. The van der Waals surface area contributed by atoms with Crippen LogP contribution in [0.15, 0.2) is 29.6 Å². The first kappa shape index (κ1) is 15.2. The number of carbonyl (C=O) groups is 1. The van der Waals surface area contributed by atoms with Crippen LogP contribution in [0.2, 0.25) is 0 Å². The third-order valence-corrected chi connectivity index (χ3v) is 5.23. The number of hydrogen-bond acceptors (Lipinski definition) is 3. The van der Waals surface area contributed by atoms with E-state index in [2.05, 4.69) is 17.6 Å². The maximum atomic E-state index is 12.2. The molecular weight excluding hydrogens is 292 g/mol. The maximum Gasteiger partial charge on any atom is 0.251 e. The zero-order valence-corrected chi connectivity index (χ0v) is 14.2. The number of nitrogens with one attached hydrogen (secondary N) is 1. The third-order valence-electron chi connectivity index (χ3n) is 4.23. The van der Waals surface area contributed by atoms with Crippen molar-refractivity contribution in [1.82, 2.24) is 10.3 Å². The SMILES string of the molecule is CCC(C)(C)NC(=O)c1ccc(-c2csc(C3CC3)n2)cc1. The van der Waals surface area contributed by atoms with Gasteiger partial charge in [-0.3, -0.25) is 4.79 Å². The molecule has 22 heavy (non-hydrogen) atoms. The minimum atomic E-state index is -0.177. The monoisotopic (exact) mass is 314 g/mol. The van der Waals surface area contributed by atoms with E-state index in [-0.39, 0.29) is 11.4 Å². The minimum Gasteiger partial charge on any atom is -0.347 e. The van der Waals surface area contributed by atoms with Crippen molar-refractivity contribution in [2.24, 2.45) is 0 Å². The highest BCUT2D eigenvalue weighted by atomic mass is 32.1. The summed E-state index contributed by atoms with van der Waals surface area (Å²) in [5.41, 5.74) is 2.62. The number of benzene rings is 1. The molecule has 1 aliphatic carbocycles. The number of thiazole rings is 1. The van der Waals surface area contributed by atoms with Crippen molar-refractivity contribution < 1.29 is 4.79 Å². The second kappa shape index (κ2) is 5.84. The third kappa shape index (κ3) is 3.38. The largest absolute Gasteiger partial charge is 0.347 e. The van der Waals surface area contributed by atoms with Crippen molar-refractivity contribution in [3.05, 3.63) is 40.2 Å². The van der Waals surface area contributed by atoms with Crippen LogP contribution in [0.3, 0.4) is 0 Å². The number of hydrogen-bond donors (Lipinski definition) is 1. The standard InChI is InChI=1S/C18H22N2OS/c1-4-18(2,3)20-16(21)13-7-5-12(6-8-13)15-11-22-17(19-15)14-9-10-14/h5-8,11,14H,4,9-10H2,1-3H3,(H,20,21). The van der Waals surface area contributed by atoms with E-state index in [1.54, 1.807) is 11.3 Å². The van der Waals surface area contributed by atoms with Gasteiger partial charge in [-0.1, -0.05) is 19.1 Å². The Kier molecular flexibility index (Phi) is 4.04. The molecule has 0 aliphatic heterocycles. The van der Waals surface area contributed by atoms with Crippen LogP contribution < -0.4 is 5.32 Å². The number of aromatic nitrogens is 1. The molecule has 4 heteroatoms. The van der Waals surface area contributed by atoms with Gasteiger partial charge in [0.25, 0.3) is 5.91 Å². The van der Waals surface area contributed by atoms with E-state index < -0.39 is 0 Å². The lowest BCUT2D eigenvalue weighted by Crippen LogP contribution is -2.42. The van der Waals surface area contributed by atoms with Crippen molar-refractivity contribution in [1.29, 1.82) is 0 Å². The van der Waals surface area contributed by atoms with Gasteiger partial charge in [-0.25, -0.2) is 4.98 Å². The van der Waals surface area contributed by atoms with Gasteiger partial charge >= 0.3 is 0 Å². The summed E-state index contributed by atoms with van der Waals surface area (Å²) in [6.07, 6.45) is 3.46. The summed E-state index contributed by atoms with van der Waals surface area (Å²) >= 11 is 1.75. The van der Waals surface area contributed by atoms with Crippen LogP contribution in [0.4, 0.5) is 0 Å². The maximum absolute atomic E-state index is 12.2. The fourth-order valence-corrected chi connectivity index (χ4v) is 3.20. The molecule has 0 unspecified atom stereocenters. The Bertz CT molecular complexity index is 669. The first-order valence-electron chi connectivity index (χ1n) is 7.87. The van der Waals surface area contributed by atoms with Crippen LogP contribution in [0.5, 0.6) is 0 Å². The minimum absolute atomic E-state index is 0.0182. The lowest BCUT2D eigenvalue weighted by molar-refractivity contribution is 0.0911. The summed E-state index contributed by atoms with van der Waals surface area (Å²) in [5.74, 6) is 0.676. The van der Waals surface area contributed by atoms with Crippen molar-refractivity contribution in [2.45, 2.75) is 51.5 Å². The van der Waals surface area contributed by atoms with E-state index in [9.17, 15) is 4.79 Å². The number of amides is 1. The van der Waals surface area contributed by atoms with E-state index in [1.165, 1.54) is 17.8 Å². The normalized spacial score (nSPS) is 14.9.